The highest BCUT2D eigenvalue weighted by molar-refractivity contribution is 6.15. The minimum atomic E-state index is -4.04. The van der Waals surface area contributed by atoms with Crippen molar-refractivity contribution in [2.24, 2.45) is 0 Å². The van der Waals surface area contributed by atoms with Crippen LogP contribution in [-0.2, 0) is 9.59 Å². The summed E-state index contributed by atoms with van der Waals surface area (Å²) >= 11 is 0. The van der Waals surface area contributed by atoms with Crippen LogP contribution in [0, 0.1) is 0 Å². The molecule has 0 fully saturated rings. The summed E-state index contributed by atoms with van der Waals surface area (Å²) < 4.78 is 31.0. The Labute approximate surface area is 110 Å². The van der Waals surface area contributed by atoms with E-state index < -0.39 is 23.5 Å². The summed E-state index contributed by atoms with van der Waals surface area (Å²) in [6.45, 7) is 1.83. The van der Waals surface area contributed by atoms with Crippen LogP contribution in [0.5, 0.6) is 5.75 Å². The van der Waals surface area contributed by atoms with Gasteiger partial charge in [0.2, 0.25) is 11.6 Å². The lowest BCUT2D eigenvalue weighted by molar-refractivity contribution is -0.134. The second-order valence-corrected chi connectivity index (χ2v) is 3.58. The molecular formula is C12H10BF2O4. The minimum Gasteiger partial charge on any atom is -0.427 e. The maximum atomic E-state index is 13.2. The first-order chi connectivity index (χ1) is 8.25. The molecule has 0 aliphatic carbocycles. The molecule has 0 aliphatic heterocycles. The number of hydrogen-bond acceptors (Lipinski definition) is 4. The Morgan fingerprint density at radius 1 is 1.05 bits per heavy atom. The number of carbonyl (C=O) groups excluding carboxylic acids is 3. The molecule has 0 aliphatic rings. The van der Waals surface area contributed by atoms with Gasteiger partial charge in [0.1, 0.15) is 5.75 Å². The average Bonchev–Trinajstić information content (AvgIpc) is 2.28. The third-order valence-electron chi connectivity index (χ3n) is 2.11. The summed E-state index contributed by atoms with van der Waals surface area (Å²) in [5, 5.41) is 0. The van der Waals surface area contributed by atoms with Gasteiger partial charge in [-0.15, -0.1) is 0 Å². The van der Waals surface area contributed by atoms with Gasteiger partial charge in [0.15, 0.2) is 0 Å². The number of carbonyl (C=O) groups is 3. The molecule has 1 aromatic rings. The number of halogens is 2. The molecule has 0 atom stereocenters. The third-order valence-corrected chi connectivity index (χ3v) is 2.11. The molecule has 4 nitrogen and oxygen atoms in total. The van der Waals surface area contributed by atoms with E-state index in [1.165, 1.54) is 19.1 Å². The summed E-state index contributed by atoms with van der Waals surface area (Å²) in [4.78, 5) is 32.6. The van der Waals surface area contributed by atoms with Crippen LogP contribution in [0.3, 0.4) is 0 Å². The Bertz CT molecular complexity index is 497. The zero-order chi connectivity index (χ0) is 13.9. The first kappa shape index (κ1) is 17.0. The fourth-order valence-corrected chi connectivity index (χ4v) is 1.18. The molecule has 7 heteroatoms. The van der Waals surface area contributed by atoms with E-state index in [-0.39, 0.29) is 19.7 Å². The van der Waals surface area contributed by atoms with Crippen molar-refractivity contribution in [3.05, 3.63) is 29.8 Å². The van der Waals surface area contributed by atoms with Gasteiger partial charge in [-0.2, -0.15) is 8.78 Å². The van der Waals surface area contributed by atoms with Crippen LogP contribution in [0.4, 0.5) is 8.78 Å². The van der Waals surface area contributed by atoms with E-state index in [9.17, 15) is 23.2 Å². The van der Waals surface area contributed by atoms with Gasteiger partial charge in [-0.05, 0) is 24.3 Å². The van der Waals surface area contributed by atoms with Gasteiger partial charge in [-0.25, -0.2) is 0 Å². The van der Waals surface area contributed by atoms with E-state index in [0.29, 0.717) is 6.92 Å². The molecule has 0 heterocycles. The highest BCUT2D eigenvalue weighted by atomic mass is 19.3. The zero-order valence-corrected chi connectivity index (χ0v) is 10.3. The van der Waals surface area contributed by atoms with Gasteiger partial charge in [0, 0.05) is 27.8 Å². The van der Waals surface area contributed by atoms with Crippen molar-refractivity contribution >= 4 is 25.9 Å². The molecule has 0 saturated heterocycles. The Morgan fingerprint density at radius 3 is 1.89 bits per heavy atom. The van der Waals surface area contributed by atoms with Gasteiger partial charge in [-0.1, -0.05) is 0 Å². The Balaban J connectivity index is 0.00000324. The molecule has 0 bridgehead atoms. The maximum Gasteiger partial charge on any atom is 0.366 e. The minimum absolute atomic E-state index is 0. The number of rotatable bonds is 4. The fourth-order valence-electron chi connectivity index (χ4n) is 1.18. The number of esters is 1. The van der Waals surface area contributed by atoms with Crippen LogP contribution >= 0.6 is 0 Å². The number of Topliss-reactive ketones (excluding diaryl/α,β-unsaturated/α-hetero) is 2. The highest BCUT2D eigenvalue weighted by Crippen LogP contribution is 2.22. The lowest BCUT2D eigenvalue weighted by Gasteiger charge is -2.11. The van der Waals surface area contributed by atoms with E-state index in [1.807, 2.05) is 0 Å². The van der Waals surface area contributed by atoms with E-state index in [2.05, 4.69) is 4.74 Å². The lowest BCUT2D eigenvalue weighted by atomic mass is 10.0. The zero-order valence-electron chi connectivity index (χ0n) is 10.3. The van der Waals surface area contributed by atoms with Crippen molar-refractivity contribution in [3.8, 4) is 5.75 Å². The molecule has 99 valence electrons. The Morgan fingerprint density at radius 2 is 1.53 bits per heavy atom. The molecule has 0 N–H and O–H groups in total. The molecular weight excluding hydrogens is 257 g/mol. The van der Waals surface area contributed by atoms with Gasteiger partial charge >= 0.3 is 11.9 Å². The van der Waals surface area contributed by atoms with Gasteiger partial charge in [-0.3, -0.25) is 14.4 Å². The van der Waals surface area contributed by atoms with Crippen molar-refractivity contribution in [3.63, 3.8) is 0 Å². The summed E-state index contributed by atoms with van der Waals surface area (Å²) in [5.41, 5.74) is -0.328. The van der Waals surface area contributed by atoms with Crippen LogP contribution in [0.25, 0.3) is 0 Å². The molecule has 0 saturated carbocycles. The van der Waals surface area contributed by atoms with Crippen molar-refractivity contribution in [1.82, 2.24) is 0 Å². The molecule has 1 rings (SSSR count). The van der Waals surface area contributed by atoms with Crippen molar-refractivity contribution in [2.75, 3.05) is 0 Å². The monoisotopic (exact) mass is 267 g/mol. The molecule has 0 aromatic heterocycles. The summed E-state index contributed by atoms with van der Waals surface area (Å²) in [6.07, 6.45) is 0. The first-order valence-electron chi connectivity index (χ1n) is 4.97. The van der Waals surface area contributed by atoms with Crippen LogP contribution in [0.15, 0.2) is 24.3 Å². The second-order valence-electron chi connectivity index (χ2n) is 3.58. The molecule has 19 heavy (non-hydrogen) atoms. The number of ether oxygens (including phenoxy) is 1. The van der Waals surface area contributed by atoms with Crippen molar-refractivity contribution in [1.29, 1.82) is 0 Å². The molecule has 0 unspecified atom stereocenters. The third kappa shape index (κ3) is 3.98. The largest absolute Gasteiger partial charge is 0.427 e. The molecule has 0 spiro atoms. The predicted molar refractivity (Wildman–Crippen MR) is 63.5 cm³/mol. The predicted octanol–water partition coefficient (Wildman–Crippen LogP) is 1.64. The fraction of sp³-hybridized carbons (Fsp3) is 0.250. The van der Waals surface area contributed by atoms with Crippen molar-refractivity contribution < 1.29 is 27.9 Å². The highest BCUT2D eigenvalue weighted by Gasteiger charge is 2.44. The molecule has 0 amide bonds. The van der Waals surface area contributed by atoms with Crippen LogP contribution in [-0.4, -0.2) is 31.9 Å². The maximum absolute atomic E-state index is 13.2. The van der Waals surface area contributed by atoms with Gasteiger partial charge in [0.05, 0.1) is 0 Å². The van der Waals surface area contributed by atoms with Crippen LogP contribution in [0.1, 0.15) is 24.2 Å². The van der Waals surface area contributed by atoms with Crippen molar-refractivity contribution in [2.45, 2.75) is 19.8 Å². The Kier molecular flexibility index (Phi) is 5.55. The SMILES string of the molecule is CC(=O)Oc1ccc(C(=O)C(F)(F)C(C)=O)cc1.[B]. The number of benzene rings is 1. The van der Waals surface area contributed by atoms with E-state index in [4.69, 9.17) is 0 Å². The average molecular weight is 267 g/mol. The second kappa shape index (κ2) is 6.22. The molecule has 3 radical (unpaired) electrons. The van der Waals surface area contributed by atoms with E-state index in [0.717, 1.165) is 12.1 Å². The van der Waals surface area contributed by atoms with E-state index in [1.54, 1.807) is 0 Å². The normalized spacial score (nSPS) is 10.3. The van der Waals surface area contributed by atoms with Gasteiger partial charge < -0.3 is 4.74 Å². The van der Waals surface area contributed by atoms with E-state index >= 15 is 0 Å². The number of ketones is 2. The standard InChI is InChI=1S/C12H10F2O4.B/c1-7(15)12(13,14)11(17)9-3-5-10(6-4-9)18-8(2)16;/h3-6H,1-2H3;. The topological polar surface area (TPSA) is 60.4 Å². The summed E-state index contributed by atoms with van der Waals surface area (Å²) in [6, 6.07) is 4.53. The number of alkyl halides is 2. The van der Waals surface area contributed by atoms with Crippen LogP contribution in [0.2, 0.25) is 0 Å². The quantitative estimate of drug-likeness (QED) is 0.273. The smallest absolute Gasteiger partial charge is 0.366 e. The summed E-state index contributed by atoms with van der Waals surface area (Å²) in [7, 11) is 0. The first-order valence-corrected chi connectivity index (χ1v) is 4.97. The molecule has 1 aromatic carbocycles. The summed E-state index contributed by atoms with van der Waals surface area (Å²) in [5.74, 6) is -7.57. The van der Waals surface area contributed by atoms with Gasteiger partial charge in [0.25, 0.3) is 0 Å². The lowest BCUT2D eigenvalue weighted by Crippen LogP contribution is -2.36. The Hall–Kier alpha value is -2.05. The van der Waals surface area contributed by atoms with Crippen LogP contribution < -0.4 is 4.74 Å². The number of hydrogen-bond donors (Lipinski definition) is 0.